The number of hydrogen-bond acceptors (Lipinski definition) is 3. The summed E-state index contributed by atoms with van der Waals surface area (Å²) in [7, 11) is -0.276. The maximum absolute atomic E-state index is 11.3. The van der Waals surface area contributed by atoms with E-state index in [1.54, 1.807) is 7.11 Å². The zero-order chi connectivity index (χ0) is 14.8. The molecule has 0 aromatic rings. The molecule has 112 valence electrons. The quantitative estimate of drug-likeness (QED) is 0.808. The first kappa shape index (κ1) is 16.5. The average Bonchev–Trinajstić information content (AvgIpc) is 2.67. The van der Waals surface area contributed by atoms with Crippen molar-refractivity contribution in [1.29, 1.82) is 0 Å². The van der Waals surface area contributed by atoms with Gasteiger partial charge < -0.3 is 14.3 Å². The van der Waals surface area contributed by atoms with E-state index in [2.05, 4.69) is 33.9 Å². The average molecular weight is 289 g/mol. The summed E-state index contributed by atoms with van der Waals surface area (Å²) in [5, 5.41) is 9.42. The van der Waals surface area contributed by atoms with Gasteiger partial charge in [-0.3, -0.25) is 4.90 Å². The van der Waals surface area contributed by atoms with Crippen LogP contribution in [0.1, 0.15) is 33.6 Å². The Balaban J connectivity index is 2.65. The fourth-order valence-electron chi connectivity index (χ4n) is 2.04. The highest BCUT2D eigenvalue weighted by Crippen LogP contribution is 2.37. The van der Waals surface area contributed by atoms with Gasteiger partial charge in [0.2, 0.25) is 0 Å². The van der Waals surface area contributed by atoms with Crippen LogP contribution < -0.4 is 0 Å². The lowest BCUT2D eigenvalue weighted by Crippen LogP contribution is -2.47. The van der Waals surface area contributed by atoms with Crippen LogP contribution >= 0.6 is 0 Å². The van der Waals surface area contributed by atoms with Crippen molar-refractivity contribution in [2.45, 2.75) is 64.0 Å². The number of amides is 1. The van der Waals surface area contributed by atoms with Crippen LogP contribution in [0.4, 0.5) is 4.79 Å². The lowest BCUT2D eigenvalue weighted by molar-refractivity contribution is -0.0156. The Morgan fingerprint density at radius 2 is 1.95 bits per heavy atom. The molecule has 0 aliphatic carbocycles. The molecular formula is C13H27NO4Si. The summed E-state index contributed by atoms with van der Waals surface area (Å²) < 4.78 is 11.3. The maximum Gasteiger partial charge on any atom is 0.409 e. The molecule has 0 aromatic carbocycles. The van der Waals surface area contributed by atoms with E-state index in [1.165, 1.54) is 4.90 Å². The fraction of sp³-hybridized carbons (Fsp3) is 0.923. The number of ether oxygens (including phenoxy) is 1. The van der Waals surface area contributed by atoms with Crippen molar-refractivity contribution in [3.05, 3.63) is 0 Å². The minimum absolute atomic E-state index is 0.0865. The topological polar surface area (TPSA) is 59.0 Å². The molecule has 1 unspecified atom stereocenters. The van der Waals surface area contributed by atoms with Gasteiger partial charge in [-0.2, -0.15) is 0 Å². The molecule has 1 aliphatic rings. The van der Waals surface area contributed by atoms with E-state index in [0.29, 0.717) is 6.61 Å². The Kier molecular flexibility index (Phi) is 5.03. The van der Waals surface area contributed by atoms with Crippen LogP contribution in [0.5, 0.6) is 0 Å². The second-order valence-corrected chi connectivity index (χ2v) is 11.5. The summed E-state index contributed by atoms with van der Waals surface area (Å²) in [6.45, 7) is 11.4. The molecule has 0 saturated carbocycles. The molecule has 0 aromatic heterocycles. The number of carbonyl (C=O) groups is 1. The summed E-state index contributed by atoms with van der Waals surface area (Å²) in [5.41, 5.74) is 0. The van der Waals surface area contributed by atoms with E-state index >= 15 is 0 Å². The molecule has 0 bridgehead atoms. The Morgan fingerprint density at radius 3 is 2.37 bits per heavy atom. The number of nitrogens with zero attached hydrogens (tertiary/aromatic N) is 1. The molecule has 1 fully saturated rings. The molecule has 1 heterocycles. The van der Waals surface area contributed by atoms with Crippen molar-refractivity contribution < 1.29 is 19.1 Å². The van der Waals surface area contributed by atoms with Crippen molar-refractivity contribution >= 4 is 14.4 Å². The van der Waals surface area contributed by atoms with Gasteiger partial charge in [-0.05, 0) is 31.0 Å². The van der Waals surface area contributed by atoms with Crippen molar-refractivity contribution in [2.75, 3.05) is 13.7 Å². The minimum Gasteiger partial charge on any atom is -0.465 e. The van der Waals surface area contributed by atoms with E-state index < -0.39 is 14.4 Å². The van der Waals surface area contributed by atoms with Crippen LogP contribution in [0.3, 0.4) is 0 Å². The van der Waals surface area contributed by atoms with Crippen LogP contribution in [-0.4, -0.2) is 50.4 Å². The van der Waals surface area contributed by atoms with Gasteiger partial charge in [-0.15, -0.1) is 0 Å². The zero-order valence-electron chi connectivity index (χ0n) is 12.9. The fourth-order valence-corrected chi connectivity index (χ4v) is 3.09. The highest BCUT2D eigenvalue weighted by atomic mass is 28.4. The monoisotopic (exact) mass is 289 g/mol. The van der Waals surface area contributed by atoms with Gasteiger partial charge in [0.15, 0.2) is 8.32 Å². The smallest absolute Gasteiger partial charge is 0.409 e. The van der Waals surface area contributed by atoms with Gasteiger partial charge in [0, 0.05) is 7.11 Å². The third-order valence-electron chi connectivity index (χ3n) is 4.39. The summed E-state index contributed by atoms with van der Waals surface area (Å²) in [4.78, 5) is 12.7. The Bertz CT molecular complexity index is 327. The number of hydrogen-bond donors (Lipinski definition) is 1. The first-order chi connectivity index (χ1) is 8.60. The van der Waals surface area contributed by atoms with Gasteiger partial charge in [-0.25, -0.2) is 4.79 Å². The number of rotatable bonds is 4. The standard InChI is InChI=1S/C13H27NO4Si/c1-13(2,3)19(5,6)18-9-10-7-8-11(17-4)14(10)12(15)16/h10-11H,7-9H2,1-6H3,(H,15,16)/t10-,11?/m0/s1. The molecule has 1 aliphatic heterocycles. The van der Waals surface area contributed by atoms with E-state index in [-0.39, 0.29) is 17.3 Å². The molecule has 1 amide bonds. The minimum atomic E-state index is -1.83. The van der Waals surface area contributed by atoms with Gasteiger partial charge in [-0.1, -0.05) is 20.8 Å². The van der Waals surface area contributed by atoms with Gasteiger partial charge in [0.1, 0.15) is 6.23 Å². The summed E-state index contributed by atoms with van der Waals surface area (Å²) in [6.07, 6.45) is 0.298. The zero-order valence-corrected chi connectivity index (χ0v) is 13.9. The van der Waals surface area contributed by atoms with E-state index in [9.17, 15) is 9.90 Å². The molecule has 1 saturated heterocycles. The molecule has 6 heteroatoms. The van der Waals surface area contributed by atoms with Gasteiger partial charge in [0.25, 0.3) is 0 Å². The maximum atomic E-state index is 11.3. The molecule has 2 atom stereocenters. The predicted molar refractivity (Wildman–Crippen MR) is 76.8 cm³/mol. The van der Waals surface area contributed by atoms with E-state index in [4.69, 9.17) is 9.16 Å². The van der Waals surface area contributed by atoms with Crippen molar-refractivity contribution in [1.82, 2.24) is 4.90 Å². The Labute approximate surface area is 117 Å². The molecule has 1 rings (SSSR count). The molecular weight excluding hydrogens is 262 g/mol. The molecule has 5 nitrogen and oxygen atoms in total. The SMILES string of the molecule is COC1CC[C@@H](CO[Si](C)(C)C(C)(C)C)N1C(=O)O. The summed E-state index contributed by atoms with van der Waals surface area (Å²) >= 11 is 0. The highest BCUT2D eigenvalue weighted by Gasteiger charge is 2.41. The predicted octanol–water partition coefficient (Wildman–Crippen LogP) is 3.12. The third kappa shape index (κ3) is 3.70. The largest absolute Gasteiger partial charge is 0.465 e. The molecule has 0 radical (unpaired) electrons. The number of likely N-dealkylation sites (tertiary alicyclic amines) is 1. The first-order valence-electron chi connectivity index (χ1n) is 6.78. The second-order valence-electron chi connectivity index (χ2n) is 6.68. The van der Waals surface area contributed by atoms with Crippen LogP contribution in [0.25, 0.3) is 0 Å². The summed E-state index contributed by atoms with van der Waals surface area (Å²) in [6, 6.07) is -0.0865. The third-order valence-corrected chi connectivity index (χ3v) is 8.89. The first-order valence-corrected chi connectivity index (χ1v) is 9.69. The van der Waals surface area contributed by atoms with Crippen LogP contribution in [0.15, 0.2) is 0 Å². The number of carboxylic acid groups (broad SMARTS) is 1. The second kappa shape index (κ2) is 5.81. The normalized spacial score (nSPS) is 24.8. The highest BCUT2D eigenvalue weighted by molar-refractivity contribution is 6.74. The molecule has 1 N–H and O–H groups in total. The molecule has 0 spiro atoms. The van der Waals surface area contributed by atoms with E-state index in [0.717, 1.165) is 12.8 Å². The van der Waals surface area contributed by atoms with Crippen LogP contribution in [-0.2, 0) is 9.16 Å². The lowest BCUT2D eigenvalue weighted by atomic mass is 10.2. The Morgan fingerprint density at radius 1 is 1.37 bits per heavy atom. The lowest BCUT2D eigenvalue weighted by Gasteiger charge is -2.38. The molecule has 19 heavy (non-hydrogen) atoms. The van der Waals surface area contributed by atoms with Gasteiger partial charge >= 0.3 is 6.09 Å². The van der Waals surface area contributed by atoms with Crippen molar-refractivity contribution in [3.63, 3.8) is 0 Å². The van der Waals surface area contributed by atoms with Gasteiger partial charge in [0.05, 0.1) is 12.6 Å². The number of methoxy groups -OCH3 is 1. The van der Waals surface area contributed by atoms with Crippen molar-refractivity contribution in [3.8, 4) is 0 Å². The van der Waals surface area contributed by atoms with E-state index in [1.807, 2.05) is 0 Å². The Hall–Kier alpha value is -0.593. The van der Waals surface area contributed by atoms with Crippen LogP contribution in [0.2, 0.25) is 18.1 Å². The van der Waals surface area contributed by atoms with Crippen LogP contribution in [0, 0.1) is 0 Å². The summed E-state index contributed by atoms with van der Waals surface area (Å²) in [5.74, 6) is 0. The van der Waals surface area contributed by atoms with Crippen molar-refractivity contribution in [2.24, 2.45) is 0 Å².